The SMILES string of the molecule is Cc1cc(C)n(-c2n[nH]c(=S)n2/N=C\c2cnn(Cc3ccccc3)c2)n1. The number of rotatable bonds is 5. The highest BCUT2D eigenvalue weighted by Gasteiger charge is 2.11. The van der Waals surface area contributed by atoms with Crippen molar-refractivity contribution in [3.63, 3.8) is 0 Å². The molecule has 0 aliphatic rings. The fraction of sp³-hybridized carbons (Fsp3) is 0.167. The number of hydrogen-bond acceptors (Lipinski definition) is 5. The smallest absolute Gasteiger partial charge is 0.268 e. The van der Waals surface area contributed by atoms with E-state index in [4.69, 9.17) is 12.2 Å². The fourth-order valence-electron chi connectivity index (χ4n) is 2.78. The molecule has 0 radical (unpaired) electrons. The predicted molar refractivity (Wildman–Crippen MR) is 105 cm³/mol. The first-order chi connectivity index (χ1) is 13.1. The highest BCUT2D eigenvalue weighted by atomic mass is 32.1. The number of nitrogens with one attached hydrogen (secondary N) is 1. The van der Waals surface area contributed by atoms with Crippen LogP contribution in [0.1, 0.15) is 22.5 Å². The summed E-state index contributed by atoms with van der Waals surface area (Å²) in [4.78, 5) is 0. The number of benzene rings is 1. The van der Waals surface area contributed by atoms with Crippen molar-refractivity contribution >= 4 is 18.4 Å². The van der Waals surface area contributed by atoms with E-state index in [9.17, 15) is 0 Å². The van der Waals surface area contributed by atoms with Gasteiger partial charge in [-0.1, -0.05) is 30.3 Å². The van der Waals surface area contributed by atoms with Gasteiger partial charge in [-0.15, -0.1) is 5.10 Å². The Morgan fingerprint density at radius 3 is 2.78 bits per heavy atom. The molecule has 0 unspecified atom stereocenters. The summed E-state index contributed by atoms with van der Waals surface area (Å²) in [6, 6.07) is 12.1. The minimum absolute atomic E-state index is 0.394. The molecule has 0 bridgehead atoms. The molecule has 3 heterocycles. The molecule has 3 aromatic heterocycles. The minimum atomic E-state index is 0.394. The summed E-state index contributed by atoms with van der Waals surface area (Å²) < 4.78 is 5.51. The van der Waals surface area contributed by atoms with Crippen LogP contribution in [0.5, 0.6) is 0 Å². The largest absolute Gasteiger partial charge is 0.271 e. The molecule has 0 aliphatic heterocycles. The van der Waals surface area contributed by atoms with Crippen LogP contribution in [-0.4, -0.2) is 40.6 Å². The van der Waals surface area contributed by atoms with Crippen LogP contribution in [0.4, 0.5) is 0 Å². The first-order valence-corrected chi connectivity index (χ1v) is 8.83. The first-order valence-electron chi connectivity index (χ1n) is 8.42. The van der Waals surface area contributed by atoms with E-state index in [2.05, 4.69) is 37.6 Å². The Morgan fingerprint density at radius 2 is 2.04 bits per heavy atom. The summed E-state index contributed by atoms with van der Waals surface area (Å²) in [5.74, 6) is 0.513. The molecule has 4 aromatic rings. The van der Waals surface area contributed by atoms with Crippen LogP contribution in [0.15, 0.2) is 53.9 Å². The number of aromatic amines is 1. The number of nitrogens with zero attached hydrogens (tertiary/aromatic N) is 7. The quantitative estimate of drug-likeness (QED) is 0.428. The van der Waals surface area contributed by atoms with Gasteiger partial charge in [-0.05, 0) is 37.7 Å². The van der Waals surface area contributed by atoms with Crippen LogP contribution in [0.25, 0.3) is 5.95 Å². The van der Waals surface area contributed by atoms with E-state index in [-0.39, 0.29) is 0 Å². The van der Waals surface area contributed by atoms with E-state index in [1.54, 1.807) is 21.8 Å². The Balaban J connectivity index is 1.58. The van der Waals surface area contributed by atoms with Gasteiger partial charge in [0.05, 0.1) is 24.7 Å². The lowest BCUT2D eigenvalue weighted by atomic mass is 10.2. The van der Waals surface area contributed by atoms with Crippen LogP contribution in [0.3, 0.4) is 0 Å². The van der Waals surface area contributed by atoms with E-state index < -0.39 is 0 Å². The van der Waals surface area contributed by atoms with Crippen LogP contribution >= 0.6 is 12.2 Å². The molecule has 0 amide bonds. The van der Waals surface area contributed by atoms with Crippen molar-refractivity contribution in [2.24, 2.45) is 5.10 Å². The molecule has 0 aliphatic carbocycles. The van der Waals surface area contributed by atoms with Crippen molar-refractivity contribution in [2.75, 3.05) is 0 Å². The lowest BCUT2D eigenvalue weighted by molar-refractivity contribution is 0.687. The average Bonchev–Trinajstić information content (AvgIpc) is 3.33. The molecule has 0 saturated heterocycles. The molecule has 8 nitrogen and oxygen atoms in total. The summed E-state index contributed by atoms with van der Waals surface area (Å²) in [6.45, 7) is 4.59. The van der Waals surface area contributed by atoms with Gasteiger partial charge in [0.15, 0.2) is 0 Å². The molecule has 136 valence electrons. The highest BCUT2D eigenvalue weighted by molar-refractivity contribution is 7.71. The lowest BCUT2D eigenvalue weighted by Gasteiger charge is -2.02. The molecule has 1 N–H and O–H groups in total. The number of aromatic nitrogens is 7. The second-order valence-electron chi connectivity index (χ2n) is 6.18. The predicted octanol–water partition coefficient (Wildman–Crippen LogP) is 2.87. The van der Waals surface area contributed by atoms with Gasteiger partial charge in [0.1, 0.15) is 0 Å². The van der Waals surface area contributed by atoms with Crippen molar-refractivity contribution in [3.05, 3.63) is 76.1 Å². The van der Waals surface area contributed by atoms with Gasteiger partial charge < -0.3 is 0 Å². The van der Waals surface area contributed by atoms with Gasteiger partial charge in [-0.2, -0.15) is 20.0 Å². The highest BCUT2D eigenvalue weighted by Crippen LogP contribution is 2.10. The van der Waals surface area contributed by atoms with Gasteiger partial charge in [-0.3, -0.25) is 4.68 Å². The molecule has 0 saturated carbocycles. The monoisotopic (exact) mass is 378 g/mol. The van der Waals surface area contributed by atoms with Gasteiger partial charge >= 0.3 is 0 Å². The third-order valence-electron chi connectivity index (χ3n) is 4.00. The number of aryl methyl sites for hydroxylation is 2. The standard InChI is InChI=1S/C18H18N8S/c1-13-8-14(2)25(23-13)17-21-22-18(27)26(17)20-10-16-9-19-24(12-16)11-15-6-4-3-5-7-15/h3-10,12H,11H2,1-2H3,(H,22,27)/b20-10-. The maximum atomic E-state index is 5.30. The van der Waals surface area contributed by atoms with Crippen molar-refractivity contribution in [1.29, 1.82) is 0 Å². The van der Waals surface area contributed by atoms with E-state index in [1.165, 1.54) is 5.56 Å². The van der Waals surface area contributed by atoms with E-state index in [1.807, 2.05) is 49.0 Å². The third-order valence-corrected chi connectivity index (χ3v) is 4.26. The van der Waals surface area contributed by atoms with Gasteiger partial charge in [-0.25, -0.2) is 9.78 Å². The second-order valence-corrected chi connectivity index (χ2v) is 6.57. The fourth-order valence-corrected chi connectivity index (χ4v) is 2.96. The van der Waals surface area contributed by atoms with Crippen molar-refractivity contribution in [1.82, 2.24) is 34.4 Å². The Bertz CT molecular complexity index is 1150. The maximum Gasteiger partial charge on any atom is 0.271 e. The Kier molecular flexibility index (Phi) is 4.51. The second kappa shape index (κ2) is 7.12. The minimum Gasteiger partial charge on any atom is -0.268 e. The number of hydrogen-bond donors (Lipinski definition) is 1. The number of H-pyrrole nitrogens is 1. The Morgan fingerprint density at radius 1 is 1.22 bits per heavy atom. The van der Waals surface area contributed by atoms with E-state index in [0.717, 1.165) is 17.0 Å². The zero-order chi connectivity index (χ0) is 18.8. The van der Waals surface area contributed by atoms with Crippen molar-refractivity contribution in [3.8, 4) is 5.95 Å². The molecule has 0 spiro atoms. The summed E-state index contributed by atoms with van der Waals surface area (Å²) in [5.41, 5.74) is 3.91. The molecular weight excluding hydrogens is 360 g/mol. The lowest BCUT2D eigenvalue weighted by Crippen LogP contribution is -2.07. The third kappa shape index (κ3) is 3.63. The zero-order valence-corrected chi connectivity index (χ0v) is 15.8. The summed E-state index contributed by atoms with van der Waals surface area (Å²) in [5, 5.41) is 20.3. The van der Waals surface area contributed by atoms with Gasteiger partial charge in [0.2, 0.25) is 4.77 Å². The van der Waals surface area contributed by atoms with Crippen LogP contribution < -0.4 is 0 Å². The normalized spacial score (nSPS) is 11.5. The Hall–Kier alpha value is -3.33. The first kappa shape index (κ1) is 17.1. The summed E-state index contributed by atoms with van der Waals surface area (Å²) >= 11 is 5.30. The van der Waals surface area contributed by atoms with Gasteiger partial charge in [0.25, 0.3) is 5.95 Å². The summed E-state index contributed by atoms with van der Waals surface area (Å²) in [6.07, 6.45) is 5.40. The van der Waals surface area contributed by atoms with Gasteiger partial charge in [0, 0.05) is 17.5 Å². The van der Waals surface area contributed by atoms with Crippen LogP contribution in [-0.2, 0) is 6.54 Å². The topological polar surface area (TPSA) is 81.6 Å². The molecule has 27 heavy (non-hydrogen) atoms. The molecular formula is C18H18N8S. The Labute approximate surface area is 160 Å². The molecule has 9 heteroatoms. The zero-order valence-electron chi connectivity index (χ0n) is 14.9. The molecule has 0 atom stereocenters. The van der Waals surface area contributed by atoms with Crippen molar-refractivity contribution in [2.45, 2.75) is 20.4 Å². The molecule has 4 rings (SSSR count). The average molecular weight is 378 g/mol. The van der Waals surface area contributed by atoms with Crippen LogP contribution in [0, 0.1) is 18.6 Å². The molecule has 0 fully saturated rings. The van der Waals surface area contributed by atoms with E-state index in [0.29, 0.717) is 17.3 Å². The van der Waals surface area contributed by atoms with E-state index >= 15 is 0 Å². The molecule has 1 aromatic carbocycles. The van der Waals surface area contributed by atoms with Crippen LogP contribution in [0.2, 0.25) is 0 Å². The maximum absolute atomic E-state index is 5.30. The van der Waals surface area contributed by atoms with Crippen molar-refractivity contribution < 1.29 is 0 Å². The summed E-state index contributed by atoms with van der Waals surface area (Å²) in [7, 11) is 0.